The molecular formula is C20H20N2O2. The maximum atomic E-state index is 12.7. The minimum Gasteiger partial charge on any atom is -0.467 e. The minimum atomic E-state index is -0.659. The molecular weight excluding hydrogens is 300 g/mol. The second-order valence-electron chi connectivity index (χ2n) is 7.17. The maximum absolute atomic E-state index is 12.7. The molecule has 0 aliphatic carbocycles. The Balaban J connectivity index is 1.81. The van der Waals surface area contributed by atoms with Gasteiger partial charge in [-0.3, -0.25) is 5.32 Å². The molecule has 2 aromatic rings. The highest BCUT2D eigenvalue weighted by molar-refractivity contribution is 5.88. The lowest BCUT2D eigenvalue weighted by atomic mass is 9.75. The molecule has 3 aliphatic rings. The van der Waals surface area contributed by atoms with E-state index in [-0.39, 0.29) is 24.1 Å². The number of esters is 1. The second-order valence-corrected chi connectivity index (χ2v) is 7.17. The fraction of sp³-hybridized carbons (Fsp3) is 0.350. The Labute approximate surface area is 141 Å². The van der Waals surface area contributed by atoms with Crippen molar-refractivity contribution in [3.63, 3.8) is 0 Å². The van der Waals surface area contributed by atoms with Gasteiger partial charge in [0, 0.05) is 24.1 Å². The highest BCUT2D eigenvalue weighted by Crippen LogP contribution is 2.55. The zero-order valence-electron chi connectivity index (χ0n) is 13.8. The van der Waals surface area contributed by atoms with Gasteiger partial charge < -0.3 is 9.64 Å². The molecule has 4 heteroatoms. The van der Waals surface area contributed by atoms with Crippen molar-refractivity contribution in [3.05, 3.63) is 65.2 Å². The van der Waals surface area contributed by atoms with Gasteiger partial charge in [-0.15, -0.1) is 0 Å². The summed E-state index contributed by atoms with van der Waals surface area (Å²) in [4.78, 5) is 15.0. The first kappa shape index (κ1) is 14.1. The van der Waals surface area contributed by atoms with Gasteiger partial charge in [-0.2, -0.15) is 0 Å². The molecule has 2 aromatic carbocycles. The van der Waals surface area contributed by atoms with Crippen molar-refractivity contribution in [3.8, 4) is 0 Å². The van der Waals surface area contributed by atoms with Crippen molar-refractivity contribution < 1.29 is 9.53 Å². The normalized spacial score (nSPS) is 32.1. The fourth-order valence-electron chi connectivity index (χ4n) is 4.99. The molecule has 0 radical (unpaired) electrons. The van der Waals surface area contributed by atoms with Crippen LogP contribution in [-0.2, 0) is 9.53 Å². The van der Waals surface area contributed by atoms with Crippen molar-refractivity contribution in [1.29, 1.82) is 0 Å². The third-order valence-electron chi connectivity index (χ3n) is 5.96. The van der Waals surface area contributed by atoms with E-state index in [4.69, 9.17) is 4.74 Å². The summed E-state index contributed by atoms with van der Waals surface area (Å²) < 4.78 is 5.20. The average Bonchev–Trinajstić information content (AvgIpc) is 2.97. The molecule has 2 bridgehead atoms. The second kappa shape index (κ2) is 4.61. The van der Waals surface area contributed by atoms with Crippen LogP contribution in [0.1, 0.15) is 42.0 Å². The number of hydrogen-bond acceptors (Lipinski definition) is 4. The zero-order valence-corrected chi connectivity index (χ0v) is 13.8. The van der Waals surface area contributed by atoms with Crippen molar-refractivity contribution in [2.24, 2.45) is 0 Å². The number of para-hydroxylation sites is 1. The van der Waals surface area contributed by atoms with Gasteiger partial charge in [0.1, 0.15) is 5.54 Å². The lowest BCUT2D eigenvalue weighted by Crippen LogP contribution is -2.67. The summed E-state index contributed by atoms with van der Waals surface area (Å²) in [6, 6.07) is 17.3. The number of nitrogens with one attached hydrogen (secondary N) is 1. The molecule has 1 fully saturated rings. The zero-order chi connectivity index (χ0) is 16.5. The first-order valence-electron chi connectivity index (χ1n) is 8.47. The molecule has 0 amide bonds. The highest BCUT2D eigenvalue weighted by atomic mass is 16.5. The van der Waals surface area contributed by atoms with Crippen LogP contribution >= 0.6 is 0 Å². The van der Waals surface area contributed by atoms with Crippen LogP contribution in [0.2, 0.25) is 0 Å². The van der Waals surface area contributed by atoms with Gasteiger partial charge in [-0.05, 0) is 29.7 Å². The third kappa shape index (κ3) is 1.54. The van der Waals surface area contributed by atoms with E-state index in [1.54, 1.807) is 0 Å². The summed E-state index contributed by atoms with van der Waals surface area (Å²) in [5, 5.41) is 3.77. The molecule has 0 aromatic heterocycles. The van der Waals surface area contributed by atoms with E-state index in [1.807, 2.05) is 13.0 Å². The molecule has 24 heavy (non-hydrogen) atoms. The van der Waals surface area contributed by atoms with Crippen LogP contribution < -0.4 is 10.2 Å². The number of methoxy groups -OCH3 is 1. The van der Waals surface area contributed by atoms with Gasteiger partial charge in [-0.1, -0.05) is 42.5 Å². The van der Waals surface area contributed by atoms with Crippen LogP contribution in [0, 0.1) is 0 Å². The molecule has 3 aliphatic heterocycles. The summed E-state index contributed by atoms with van der Waals surface area (Å²) in [7, 11) is 1.48. The van der Waals surface area contributed by atoms with E-state index in [9.17, 15) is 4.79 Å². The van der Waals surface area contributed by atoms with Gasteiger partial charge in [0.2, 0.25) is 0 Å². The van der Waals surface area contributed by atoms with Crippen molar-refractivity contribution in [2.45, 2.75) is 37.0 Å². The summed E-state index contributed by atoms with van der Waals surface area (Å²) >= 11 is 0. The number of anilines is 1. The Bertz CT molecular complexity index is 849. The first-order valence-corrected chi connectivity index (χ1v) is 8.47. The van der Waals surface area contributed by atoms with Crippen LogP contribution in [0.3, 0.4) is 0 Å². The van der Waals surface area contributed by atoms with E-state index in [2.05, 4.69) is 52.7 Å². The molecule has 3 heterocycles. The number of ether oxygens (including phenoxy) is 1. The monoisotopic (exact) mass is 320 g/mol. The third-order valence-corrected chi connectivity index (χ3v) is 5.96. The summed E-state index contributed by atoms with van der Waals surface area (Å²) in [5.41, 5.74) is 4.47. The number of benzene rings is 2. The molecule has 0 saturated carbocycles. The SMILES string of the molecule is COC(=O)C1(C)CC2NC3C(c4ccccc42)c2ccccc2N31. The van der Waals surface area contributed by atoms with E-state index in [0.29, 0.717) is 6.42 Å². The number of carbonyl (C=O) groups is 1. The minimum absolute atomic E-state index is 0.0974. The maximum Gasteiger partial charge on any atom is 0.331 e. The van der Waals surface area contributed by atoms with Gasteiger partial charge in [-0.25, -0.2) is 4.79 Å². The first-order chi connectivity index (χ1) is 11.6. The molecule has 5 rings (SSSR count). The standard InChI is InChI=1S/C20H20N2O2/c1-20(19(23)24-2)11-15-12-7-3-4-8-13(12)17-14-9-5-6-10-16(14)22(20)18(17)21-15/h3-10,15,17-18,21H,11H2,1-2H3. The van der Waals surface area contributed by atoms with Crippen LogP contribution in [0.25, 0.3) is 0 Å². The van der Waals surface area contributed by atoms with Gasteiger partial charge in [0.05, 0.1) is 13.3 Å². The molecule has 0 spiro atoms. The van der Waals surface area contributed by atoms with Crippen molar-refractivity contribution >= 4 is 11.7 Å². The van der Waals surface area contributed by atoms with Crippen LogP contribution in [0.15, 0.2) is 48.5 Å². The number of rotatable bonds is 1. The van der Waals surface area contributed by atoms with Crippen molar-refractivity contribution in [2.75, 3.05) is 12.0 Å². The Kier molecular flexibility index (Phi) is 2.70. The van der Waals surface area contributed by atoms with Gasteiger partial charge in [0.15, 0.2) is 0 Å². The Hall–Kier alpha value is -2.33. The molecule has 4 unspecified atom stereocenters. The lowest BCUT2D eigenvalue weighted by Gasteiger charge is -2.53. The smallest absolute Gasteiger partial charge is 0.331 e. The summed E-state index contributed by atoms with van der Waals surface area (Å²) in [6.07, 6.45) is 0.800. The number of fused-ring (bicyclic) bond motifs is 7. The van der Waals surface area contributed by atoms with Gasteiger partial charge in [0.25, 0.3) is 0 Å². The van der Waals surface area contributed by atoms with Crippen LogP contribution in [0.4, 0.5) is 5.69 Å². The van der Waals surface area contributed by atoms with Crippen LogP contribution in [0.5, 0.6) is 0 Å². The average molecular weight is 320 g/mol. The predicted octanol–water partition coefficient (Wildman–Crippen LogP) is 2.94. The quantitative estimate of drug-likeness (QED) is 0.820. The van der Waals surface area contributed by atoms with E-state index < -0.39 is 5.54 Å². The van der Waals surface area contributed by atoms with E-state index >= 15 is 0 Å². The Morgan fingerprint density at radius 1 is 1.12 bits per heavy atom. The summed E-state index contributed by atoms with van der Waals surface area (Å²) in [5.74, 6) is 0.0896. The Morgan fingerprint density at radius 3 is 2.54 bits per heavy atom. The highest BCUT2D eigenvalue weighted by Gasteiger charge is 2.58. The van der Waals surface area contributed by atoms with Crippen LogP contribution in [-0.4, -0.2) is 24.8 Å². The molecule has 1 saturated heterocycles. The molecule has 4 nitrogen and oxygen atoms in total. The molecule has 4 atom stereocenters. The predicted molar refractivity (Wildman–Crippen MR) is 91.9 cm³/mol. The lowest BCUT2D eigenvalue weighted by molar-refractivity contribution is -0.148. The fourth-order valence-corrected chi connectivity index (χ4v) is 4.99. The number of hydrogen-bond donors (Lipinski definition) is 1. The topological polar surface area (TPSA) is 41.6 Å². The largest absolute Gasteiger partial charge is 0.467 e. The molecule has 1 N–H and O–H groups in total. The van der Waals surface area contributed by atoms with E-state index in [1.165, 1.54) is 23.8 Å². The van der Waals surface area contributed by atoms with E-state index in [0.717, 1.165) is 5.69 Å². The Morgan fingerprint density at radius 2 is 1.79 bits per heavy atom. The van der Waals surface area contributed by atoms with Gasteiger partial charge >= 0.3 is 5.97 Å². The molecule has 122 valence electrons. The summed E-state index contributed by atoms with van der Waals surface area (Å²) in [6.45, 7) is 2.02. The van der Waals surface area contributed by atoms with Crippen molar-refractivity contribution in [1.82, 2.24) is 5.32 Å². The number of nitrogens with zero attached hydrogens (tertiary/aromatic N) is 1. The number of carbonyl (C=O) groups excluding carboxylic acids is 1.